The van der Waals surface area contributed by atoms with Crippen LogP contribution in [0.25, 0.3) is 5.82 Å². The van der Waals surface area contributed by atoms with Crippen molar-refractivity contribution in [3.05, 3.63) is 44.9 Å². The first-order chi connectivity index (χ1) is 7.59. The third-order valence-electron chi connectivity index (χ3n) is 1.90. The number of carboxylic acids is 1. The van der Waals surface area contributed by atoms with E-state index in [1.807, 2.05) is 0 Å². The molecule has 3 N–H and O–H groups in total. The fourth-order valence-corrected chi connectivity index (χ4v) is 1.19. The second-order valence-electron chi connectivity index (χ2n) is 2.90. The van der Waals surface area contributed by atoms with Crippen molar-refractivity contribution in [2.24, 2.45) is 0 Å². The molecular formula is C8H6N4O4. The predicted octanol–water partition coefficient (Wildman–Crippen LogP) is -1.05. The van der Waals surface area contributed by atoms with Gasteiger partial charge in [-0.3, -0.25) is 0 Å². The zero-order valence-corrected chi connectivity index (χ0v) is 7.80. The highest BCUT2D eigenvalue weighted by atomic mass is 16.4. The molecule has 0 aliphatic rings. The van der Waals surface area contributed by atoms with E-state index >= 15 is 0 Å². The Morgan fingerprint density at radius 3 is 2.50 bits per heavy atom. The molecular weight excluding hydrogens is 216 g/mol. The number of hydrogen-bond donors (Lipinski definition) is 3. The van der Waals surface area contributed by atoms with Crippen LogP contribution in [-0.2, 0) is 0 Å². The maximum atomic E-state index is 11.2. The molecule has 8 heteroatoms. The Morgan fingerprint density at radius 2 is 1.94 bits per heavy atom. The average Bonchev–Trinajstić information content (AvgIpc) is 2.59. The number of pyridine rings is 1. The number of hydrogen-bond acceptors (Lipinski definition) is 4. The molecule has 0 saturated carbocycles. The van der Waals surface area contributed by atoms with Gasteiger partial charge in [-0.15, -0.1) is 0 Å². The second kappa shape index (κ2) is 3.50. The molecule has 2 rings (SSSR count). The molecule has 0 bridgehead atoms. The monoisotopic (exact) mass is 222 g/mol. The van der Waals surface area contributed by atoms with Crippen LogP contribution in [0.15, 0.2) is 27.9 Å². The summed E-state index contributed by atoms with van der Waals surface area (Å²) in [5, 5.41) is 12.9. The van der Waals surface area contributed by atoms with E-state index in [0.717, 1.165) is 6.07 Å². The molecule has 0 amide bonds. The normalized spacial score (nSPS) is 10.2. The Bertz CT molecular complexity index is 623. The third kappa shape index (κ3) is 1.52. The van der Waals surface area contributed by atoms with E-state index in [-0.39, 0.29) is 11.4 Å². The Labute approximate surface area is 87.2 Å². The molecule has 0 unspecified atom stereocenters. The number of H-pyrrole nitrogens is 2. The van der Waals surface area contributed by atoms with Crippen LogP contribution in [0.5, 0.6) is 0 Å². The van der Waals surface area contributed by atoms with Crippen molar-refractivity contribution in [1.29, 1.82) is 0 Å². The van der Waals surface area contributed by atoms with E-state index in [4.69, 9.17) is 5.11 Å². The molecule has 0 radical (unpaired) electrons. The summed E-state index contributed by atoms with van der Waals surface area (Å²) in [5.41, 5.74) is -1.47. The largest absolute Gasteiger partial charge is 0.478 e. The topological polar surface area (TPSA) is 121 Å². The first-order valence-corrected chi connectivity index (χ1v) is 4.19. The summed E-state index contributed by atoms with van der Waals surface area (Å²) >= 11 is 0. The number of carbonyl (C=O) groups is 1. The van der Waals surface area contributed by atoms with Gasteiger partial charge in [0.1, 0.15) is 5.82 Å². The van der Waals surface area contributed by atoms with E-state index in [1.165, 1.54) is 12.3 Å². The number of nitrogens with zero attached hydrogens (tertiary/aromatic N) is 2. The number of nitrogens with one attached hydrogen (secondary N) is 2. The molecule has 8 nitrogen and oxygen atoms in total. The SMILES string of the molecule is O=C(O)c1ccnc(-n2c(=O)[nH][nH]c2=O)c1. The van der Waals surface area contributed by atoms with Crippen molar-refractivity contribution in [3.8, 4) is 5.82 Å². The van der Waals surface area contributed by atoms with Gasteiger partial charge in [-0.1, -0.05) is 0 Å². The van der Waals surface area contributed by atoms with Gasteiger partial charge in [0.2, 0.25) is 0 Å². The van der Waals surface area contributed by atoms with E-state index in [0.29, 0.717) is 4.57 Å². The highest BCUT2D eigenvalue weighted by Crippen LogP contribution is 2.02. The zero-order chi connectivity index (χ0) is 11.7. The van der Waals surface area contributed by atoms with Crippen LogP contribution in [0.1, 0.15) is 10.4 Å². The van der Waals surface area contributed by atoms with Gasteiger partial charge in [0.15, 0.2) is 0 Å². The van der Waals surface area contributed by atoms with Crippen molar-refractivity contribution in [2.75, 3.05) is 0 Å². The first kappa shape index (κ1) is 9.90. The maximum Gasteiger partial charge on any atom is 0.350 e. The Hall–Kier alpha value is -2.64. The lowest BCUT2D eigenvalue weighted by atomic mass is 10.2. The third-order valence-corrected chi connectivity index (χ3v) is 1.90. The Balaban J connectivity index is 2.66. The van der Waals surface area contributed by atoms with Crippen molar-refractivity contribution < 1.29 is 9.90 Å². The van der Waals surface area contributed by atoms with E-state index in [1.54, 1.807) is 0 Å². The van der Waals surface area contributed by atoms with Gasteiger partial charge in [0, 0.05) is 6.20 Å². The summed E-state index contributed by atoms with van der Waals surface area (Å²) in [6.07, 6.45) is 1.21. The highest BCUT2D eigenvalue weighted by molar-refractivity contribution is 5.87. The van der Waals surface area contributed by atoms with E-state index in [9.17, 15) is 14.4 Å². The van der Waals surface area contributed by atoms with Crippen LogP contribution in [0, 0.1) is 0 Å². The smallest absolute Gasteiger partial charge is 0.350 e. The van der Waals surface area contributed by atoms with Gasteiger partial charge in [-0.2, -0.15) is 4.57 Å². The fourth-order valence-electron chi connectivity index (χ4n) is 1.19. The van der Waals surface area contributed by atoms with Crippen LogP contribution >= 0.6 is 0 Å². The molecule has 2 aromatic rings. The molecule has 0 saturated heterocycles. The summed E-state index contributed by atoms with van der Waals surface area (Å²) in [7, 11) is 0. The molecule has 0 fully saturated rings. The minimum Gasteiger partial charge on any atom is -0.478 e. The van der Waals surface area contributed by atoms with E-state index < -0.39 is 17.3 Å². The summed E-state index contributed by atoms with van der Waals surface area (Å²) in [5.74, 6) is -1.21. The standard InChI is InChI=1S/C8H6N4O4/c13-6(14)4-1-2-9-5(3-4)12-7(15)10-11-8(12)16/h1-3H,(H,10,15)(H,11,16)(H,13,14). The first-order valence-electron chi connectivity index (χ1n) is 4.19. The van der Waals surface area contributed by atoms with Gasteiger partial charge in [0.25, 0.3) is 0 Å². The summed E-state index contributed by atoms with van der Waals surface area (Å²) in [4.78, 5) is 36.8. The number of rotatable bonds is 2. The number of aromatic carboxylic acids is 1. The van der Waals surface area contributed by atoms with Crippen LogP contribution in [-0.4, -0.2) is 30.8 Å². The lowest BCUT2D eigenvalue weighted by molar-refractivity contribution is 0.0696. The fraction of sp³-hybridized carbons (Fsp3) is 0. The minimum atomic E-state index is -1.16. The molecule has 0 aliphatic carbocycles. The Morgan fingerprint density at radius 1 is 1.31 bits per heavy atom. The molecule has 0 atom stereocenters. The van der Waals surface area contributed by atoms with Crippen molar-refractivity contribution in [1.82, 2.24) is 19.7 Å². The van der Waals surface area contributed by atoms with Crippen LogP contribution in [0.2, 0.25) is 0 Å². The Kier molecular flexibility index (Phi) is 2.16. The van der Waals surface area contributed by atoms with Gasteiger partial charge < -0.3 is 5.11 Å². The zero-order valence-electron chi connectivity index (χ0n) is 7.80. The minimum absolute atomic E-state index is 0.0487. The summed E-state index contributed by atoms with van der Waals surface area (Å²) in [6.45, 7) is 0. The van der Waals surface area contributed by atoms with Crippen molar-refractivity contribution in [3.63, 3.8) is 0 Å². The maximum absolute atomic E-state index is 11.2. The van der Waals surface area contributed by atoms with Gasteiger partial charge in [0.05, 0.1) is 5.56 Å². The molecule has 0 aromatic carbocycles. The lowest BCUT2D eigenvalue weighted by Crippen LogP contribution is -2.25. The van der Waals surface area contributed by atoms with Gasteiger partial charge in [-0.05, 0) is 12.1 Å². The lowest BCUT2D eigenvalue weighted by Gasteiger charge is -1.98. The number of aromatic nitrogens is 4. The van der Waals surface area contributed by atoms with Gasteiger partial charge >= 0.3 is 17.3 Å². The van der Waals surface area contributed by atoms with Crippen molar-refractivity contribution in [2.45, 2.75) is 0 Å². The number of aromatic amines is 2. The quantitative estimate of drug-likeness (QED) is 0.598. The van der Waals surface area contributed by atoms with Gasteiger partial charge in [-0.25, -0.2) is 29.6 Å². The summed E-state index contributed by atoms with van der Waals surface area (Å²) in [6, 6.07) is 2.39. The van der Waals surface area contributed by atoms with Crippen LogP contribution in [0.4, 0.5) is 0 Å². The molecule has 2 heterocycles. The molecule has 82 valence electrons. The van der Waals surface area contributed by atoms with E-state index in [2.05, 4.69) is 15.2 Å². The average molecular weight is 222 g/mol. The molecule has 0 aliphatic heterocycles. The van der Waals surface area contributed by atoms with Crippen LogP contribution in [0.3, 0.4) is 0 Å². The second-order valence-corrected chi connectivity index (χ2v) is 2.90. The summed E-state index contributed by atoms with van der Waals surface area (Å²) < 4.78 is 0.701. The molecule has 16 heavy (non-hydrogen) atoms. The highest BCUT2D eigenvalue weighted by Gasteiger charge is 2.10. The molecule has 0 spiro atoms. The van der Waals surface area contributed by atoms with Crippen LogP contribution < -0.4 is 11.4 Å². The molecule has 2 aromatic heterocycles. The number of carboxylic acid groups (broad SMARTS) is 1. The predicted molar refractivity (Wildman–Crippen MR) is 51.8 cm³/mol. The van der Waals surface area contributed by atoms with Crippen molar-refractivity contribution >= 4 is 5.97 Å².